The molecule has 1 fully saturated rings. The van der Waals surface area contributed by atoms with Crippen LogP contribution in [0.1, 0.15) is 38.2 Å². The summed E-state index contributed by atoms with van der Waals surface area (Å²) in [5.74, 6) is -2.45. The van der Waals surface area contributed by atoms with Crippen LogP contribution in [0.2, 0.25) is 0 Å². The zero-order chi connectivity index (χ0) is 17.4. The molecular formula is C15H19FN2O5. The van der Waals surface area contributed by atoms with Crippen molar-refractivity contribution in [3.63, 3.8) is 0 Å². The average Bonchev–Trinajstić information content (AvgIpc) is 2.41. The van der Waals surface area contributed by atoms with Crippen LogP contribution in [0.3, 0.4) is 0 Å². The number of carbonyl (C=O) groups excluding carboxylic acids is 1. The largest absolute Gasteiger partial charge is 0.482 e. The van der Waals surface area contributed by atoms with E-state index in [2.05, 4.69) is 4.98 Å². The number of ether oxygens (including phenoxy) is 2. The van der Waals surface area contributed by atoms with Crippen molar-refractivity contribution in [3.8, 4) is 5.75 Å². The number of carboxylic acid groups (broad SMARTS) is 1. The number of amides is 1. The second-order valence-electron chi connectivity index (χ2n) is 6.32. The van der Waals surface area contributed by atoms with Gasteiger partial charge in [0.05, 0.1) is 12.6 Å². The van der Waals surface area contributed by atoms with Crippen LogP contribution in [0.4, 0.5) is 9.18 Å². The molecule has 2 atom stereocenters. The fourth-order valence-corrected chi connectivity index (χ4v) is 2.06. The van der Waals surface area contributed by atoms with Crippen LogP contribution in [0.15, 0.2) is 12.1 Å². The molecular weight excluding hydrogens is 307 g/mol. The molecule has 1 aliphatic rings. The topological polar surface area (TPSA) is 89.0 Å². The van der Waals surface area contributed by atoms with E-state index in [1.165, 1.54) is 11.0 Å². The molecule has 23 heavy (non-hydrogen) atoms. The van der Waals surface area contributed by atoms with E-state index in [-0.39, 0.29) is 18.3 Å². The highest BCUT2D eigenvalue weighted by Crippen LogP contribution is 2.27. The van der Waals surface area contributed by atoms with E-state index >= 15 is 0 Å². The number of likely N-dealkylation sites (tertiary alicyclic amines) is 1. The van der Waals surface area contributed by atoms with E-state index in [9.17, 15) is 14.0 Å². The van der Waals surface area contributed by atoms with Crippen LogP contribution in [0, 0.1) is 5.95 Å². The molecule has 126 valence electrons. The number of nitrogens with zero attached hydrogens (tertiary/aromatic N) is 2. The van der Waals surface area contributed by atoms with Crippen LogP contribution in [-0.2, 0) is 4.74 Å². The van der Waals surface area contributed by atoms with Crippen molar-refractivity contribution in [1.29, 1.82) is 0 Å². The third-order valence-electron chi connectivity index (χ3n) is 3.35. The molecule has 2 heterocycles. The first kappa shape index (κ1) is 17.0. The van der Waals surface area contributed by atoms with Gasteiger partial charge in [0.2, 0.25) is 0 Å². The zero-order valence-electron chi connectivity index (χ0n) is 13.4. The molecule has 0 bridgehead atoms. The molecule has 0 unspecified atom stereocenters. The molecule has 1 aromatic heterocycles. The van der Waals surface area contributed by atoms with E-state index < -0.39 is 35.4 Å². The Morgan fingerprint density at radius 3 is 2.52 bits per heavy atom. The van der Waals surface area contributed by atoms with Gasteiger partial charge in [0.15, 0.2) is 11.4 Å². The van der Waals surface area contributed by atoms with Gasteiger partial charge in [0.25, 0.3) is 5.95 Å². The maximum Gasteiger partial charge on any atom is 0.410 e. The number of carbonyl (C=O) groups is 2. The van der Waals surface area contributed by atoms with Gasteiger partial charge in [0.1, 0.15) is 11.7 Å². The number of carboxylic acids is 1. The van der Waals surface area contributed by atoms with Gasteiger partial charge in [0, 0.05) is 0 Å². The fourth-order valence-electron chi connectivity index (χ4n) is 2.06. The minimum Gasteiger partial charge on any atom is -0.482 e. The van der Waals surface area contributed by atoms with Gasteiger partial charge in [-0.25, -0.2) is 14.6 Å². The third-order valence-corrected chi connectivity index (χ3v) is 3.35. The van der Waals surface area contributed by atoms with E-state index in [1.54, 1.807) is 27.7 Å². The van der Waals surface area contributed by atoms with Gasteiger partial charge >= 0.3 is 12.1 Å². The summed E-state index contributed by atoms with van der Waals surface area (Å²) in [6.45, 7) is 7.34. The lowest BCUT2D eigenvalue weighted by atomic mass is 10.0. The molecule has 0 saturated carbocycles. The number of hydrogen-bond acceptors (Lipinski definition) is 5. The Hall–Kier alpha value is -2.38. The van der Waals surface area contributed by atoms with Gasteiger partial charge in [-0.3, -0.25) is 4.90 Å². The highest BCUT2D eigenvalue weighted by molar-refractivity contribution is 5.85. The lowest BCUT2D eigenvalue weighted by molar-refractivity contribution is -0.0547. The average molecular weight is 326 g/mol. The van der Waals surface area contributed by atoms with Crippen LogP contribution >= 0.6 is 0 Å². The molecule has 7 nitrogen and oxygen atoms in total. The molecule has 0 aliphatic carbocycles. The highest BCUT2D eigenvalue weighted by Gasteiger charge is 2.42. The Morgan fingerprint density at radius 2 is 2.04 bits per heavy atom. The first-order valence-corrected chi connectivity index (χ1v) is 7.14. The van der Waals surface area contributed by atoms with Crippen LogP contribution < -0.4 is 4.74 Å². The molecule has 2 rings (SSSR count). The van der Waals surface area contributed by atoms with Gasteiger partial charge < -0.3 is 14.6 Å². The van der Waals surface area contributed by atoms with E-state index in [1.807, 2.05) is 0 Å². The van der Waals surface area contributed by atoms with E-state index in [0.717, 1.165) is 6.07 Å². The summed E-state index contributed by atoms with van der Waals surface area (Å²) in [6, 6.07) is 2.09. The van der Waals surface area contributed by atoms with Gasteiger partial charge in [-0.05, 0) is 39.8 Å². The molecule has 1 aliphatic heterocycles. The summed E-state index contributed by atoms with van der Waals surface area (Å²) < 4.78 is 24.4. The second kappa shape index (κ2) is 6.02. The zero-order valence-corrected chi connectivity index (χ0v) is 13.4. The van der Waals surface area contributed by atoms with Crippen LogP contribution in [0.25, 0.3) is 0 Å². The summed E-state index contributed by atoms with van der Waals surface area (Å²) in [4.78, 5) is 27.4. The summed E-state index contributed by atoms with van der Waals surface area (Å²) >= 11 is 0. The molecule has 1 saturated heterocycles. The van der Waals surface area contributed by atoms with Crippen molar-refractivity contribution in [3.05, 3.63) is 23.8 Å². The standard InChI is InChI=1S/C15H19FN2O5/c1-8-11(7-18(8)14(21)23-15(2,3)4)22-10-6-5-9(13(19)20)17-12(10)16/h5-6,8,11H,7H2,1-4H3,(H,19,20)/t8-,11-/m0/s1. The molecule has 1 amide bonds. The predicted molar refractivity (Wildman–Crippen MR) is 78.0 cm³/mol. The SMILES string of the molecule is C[C@H]1[C@@H](Oc2ccc(C(=O)O)nc2F)CN1C(=O)OC(C)(C)C. The Labute approximate surface area is 133 Å². The Bertz CT molecular complexity index is 629. The van der Waals surface area contributed by atoms with Crippen molar-refractivity contribution >= 4 is 12.1 Å². The Kier molecular flexibility index (Phi) is 4.44. The third kappa shape index (κ3) is 3.88. The smallest absolute Gasteiger partial charge is 0.410 e. The monoisotopic (exact) mass is 326 g/mol. The molecule has 1 N–H and O–H groups in total. The fraction of sp³-hybridized carbons (Fsp3) is 0.533. The predicted octanol–water partition coefficient (Wildman–Crippen LogP) is 2.31. The van der Waals surface area contributed by atoms with E-state index in [4.69, 9.17) is 14.6 Å². The number of aromatic nitrogens is 1. The number of pyridine rings is 1. The Morgan fingerprint density at radius 1 is 1.39 bits per heavy atom. The number of halogens is 1. The minimum absolute atomic E-state index is 0.143. The van der Waals surface area contributed by atoms with Crippen LogP contribution in [-0.4, -0.2) is 51.3 Å². The van der Waals surface area contributed by atoms with Crippen molar-refractivity contribution < 1.29 is 28.6 Å². The lowest BCUT2D eigenvalue weighted by Crippen LogP contribution is -2.63. The van der Waals surface area contributed by atoms with Crippen LogP contribution in [0.5, 0.6) is 5.75 Å². The second-order valence-corrected chi connectivity index (χ2v) is 6.32. The van der Waals surface area contributed by atoms with Crippen molar-refractivity contribution in [1.82, 2.24) is 9.88 Å². The molecule has 0 aromatic carbocycles. The summed E-state index contributed by atoms with van der Waals surface area (Å²) in [5.41, 5.74) is -0.988. The van der Waals surface area contributed by atoms with Crippen molar-refractivity contribution in [2.75, 3.05) is 6.54 Å². The summed E-state index contributed by atoms with van der Waals surface area (Å²) in [6.07, 6.45) is -0.862. The number of hydrogen-bond donors (Lipinski definition) is 1. The Balaban J connectivity index is 1.97. The number of rotatable bonds is 3. The molecule has 0 spiro atoms. The van der Waals surface area contributed by atoms with Gasteiger partial charge in [-0.1, -0.05) is 0 Å². The minimum atomic E-state index is -1.32. The quantitative estimate of drug-likeness (QED) is 0.857. The molecule has 0 radical (unpaired) electrons. The molecule has 1 aromatic rings. The summed E-state index contributed by atoms with van der Waals surface area (Å²) in [7, 11) is 0. The molecule has 8 heteroatoms. The summed E-state index contributed by atoms with van der Waals surface area (Å²) in [5, 5.41) is 8.74. The van der Waals surface area contributed by atoms with Crippen molar-refractivity contribution in [2.24, 2.45) is 0 Å². The van der Waals surface area contributed by atoms with Gasteiger partial charge in [-0.15, -0.1) is 0 Å². The lowest BCUT2D eigenvalue weighted by Gasteiger charge is -2.45. The normalized spacial score (nSPS) is 20.7. The first-order valence-electron chi connectivity index (χ1n) is 7.14. The van der Waals surface area contributed by atoms with Crippen molar-refractivity contribution in [2.45, 2.75) is 45.4 Å². The first-order chi connectivity index (χ1) is 10.6. The highest BCUT2D eigenvalue weighted by atomic mass is 19.1. The van der Waals surface area contributed by atoms with Gasteiger partial charge in [-0.2, -0.15) is 4.39 Å². The van der Waals surface area contributed by atoms with E-state index in [0.29, 0.717) is 0 Å². The maximum absolute atomic E-state index is 13.7. The number of aromatic carboxylic acids is 1. The maximum atomic E-state index is 13.7.